The molecule has 9 heteroatoms. The normalized spacial score (nSPS) is 10.9. The maximum Gasteiger partial charge on any atom is 0.234 e. The zero-order valence-corrected chi connectivity index (χ0v) is 17.2. The van der Waals surface area contributed by atoms with Gasteiger partial charge in [-0.25, -0.2) is 9.97 Å². The lowest BCUT2D eigenvalue weighted by Crippen LogP contribution is -2.14. The number of nitrogens with one attached hydrogen (secondary N) is 1. The minimum absolute atomic E-state index is 0.120. The van der Waals surface area contributed by atoms with Crippen LogP contribution in [0.25, 0.3) is 16.9 Å². The number of anilines is 1. The molecule has 2 aromatic heterocycles. The molecule has 4 aromatic rings. The van der Waals surface area contributed by atoms with Crippen molar-refractivity contribution < 1.29 is 4.79 Å². The molecule has 0 fully saturated rings. The van der Waals surface area contributed by atoms with Crippen molar-refractivity contribution in [3.8, 4) is 5.69 Å². The van der Waals surface area contributed by atoms with Crippen LogP contribution in [0.2, 0.25) is 0 Å². The molecule has 2 heterocycles. The first-order chi connectivity index (χ1) is 13.6. The minimum Gasteiger partial charge on any atom is -0.325 e. The van der Waals surface area contributed by atoms with Crippen molar-refractivity contribution in [3.63, 3.8) is 0 Å². The van der Waals surface area contributed by atoms with E-state index in [4.69, 9.17) is 0 Å². The third-order valence-electron chi connectivity index (χ3n) is 3.95. The average Bonchev–Trinajstić information content (AvgIpc) is 3.13. The third kappa shape index (κ3) is 4.05. The van der Waals surface area contributed by atoms with Crippen LogP contribution in [0, 0.1) is 6.92 Å². The van der Waals surface area contributed by atoms with Gasteiger partial charge >= 0.3 is 0 Å². The van der Waals surface area contributed by atoms with Crippen LogP contribution in [-0.4, -0.2) is 36.6 Å². The van der Waals surface area contributed by atoms with E-state index in [1.165, 1.54) is 18.1 Å². The quantitative estimate of drug-likeness (QED) is 0.362. The predicted molar refractivity (Wildman–Crippen MR) is 113 cm³/mol. The lowest BCUT2D eigenvalue weighted by Gasteiger charge is -2.05. The Bertz CT molecular complexity index is 1130. The highest BCUT2D eigenvalue weighted by Gasteiger charge is 2.14. The van der Waals surface area contributed by atoms with Gasteiger partial charge in [-0.1, -0.05) is 50.6 Å². The van der Waals surface area contributed by atoms with Gasteiger partial charge in [-0.15, -0.1) is 5.10 Å². The number of hydrogen-bond donors (Lipinski definition) is 1. The molecule has 0 aliphatic heterocycles. The second kappa shape index (κ2) is 8.07. The number of aromatic nitrogens is 5. The highest BCUT2D eigenvalue weighted by molar-refractivity contribution is 9.10. The molecule has 0 spiro atoms. The molecule has 0 unspecified atom stereocenters. The van der Waals surface area contributed by atoms with Crippen molar-refractivity contribution >= 4 is 50.5 Å². The van der Waals surface area contributed by atoms with Gasteiger partial charge in [-0.2, -0.15) is 4.68 Å². The first kappa shape index (κ1) is 18.6. The number of benzene rings is 2. The summed E-state index contributed by atoms with van der Waals surface area (Å²) in [5.41, 5.74) is 3.96. The first-order valence-corrected chi connectivity index (χ1v) is 10.2. The van der Waals surface area contributed by atoms with Crippen LogP contribution in [0.1, 0.15) is 5.56 Å². The summed E-state index contributed by atoms with van der Waals surface area (Å²) in [4.78, 5) is 20.8. The van der Waals surface area contributed by atoms with Gasteiger partial charge < -0.3 is 5.32 Å². The Morgan fingerprint density at radius 1 is 1.11 bits per heavy atom. The molecule has 140 valence electrons. The highest BCUT2D eigenvalue weighted by atomic mass is 79.9. The molecular formula is C19H15BrN6OS. The lowest BCUT2D eigenvalue weighted by molar-refractivity contribution is -0.113. The number of amides is 1. The summed E-state index contributed by atoms with van der Waals surface area (Å²) in [5, 5.41) is 11.9. The van der Waals surface area contributed by atoms with Crippen LogP contribution >= 0.6 is 27.7 Å². The summed E-state index contributed by atoms with van der Waals surface area (Å²) in [7, 11) is 0. The Labute approximate surface area is 173 Å². The van der Waals surface area contributed by atoms with E-state index in [1.54, 1.807) is 4.68 Å². The summed E-state index contributed by atoms with van der Waals surface area (Å²) in [6.45, 7) is 2.03. The summed E-state index contributed by atoms with van der Waals surface area (Å²) in [6, 6.07) is 15.4. The van der Waals surface area contributed by atoms with Gasteiger partial charge in [0.2, 0.25) is 5.91 Å². The number of aryl methyl sites for hydroxylation is 1. The second-order valence-electron chi connectivity index (χ2n) is 6.03. The summed E-state index contributed by atoms with van der Waals surface area (Å²) in [6.07, 6.45) is 1.46. The van der Waals surface area contributed by atoms with E-state index in [0.29, 0.717) is 16.2 Å². The first-order valence-electron chi connectivity index (χ1n) is 8.42. The van der Waals surface area contributed by atoms with E-state index < -0.39 is 0 Å². The van der Waals surface area contributed by atoms with Crippen LogP contribution in [-0.2, 0) is 4.79 Å². The Morgan fingerprint density at radius 3 is 2.61 bits per heavy atom. The number of rotatable bonds is 5. The maximum absolute atomic E-state index is 12.2. The number of fused-ring (bicyclic) bond motifs is 1. The molecule has 28 heavy (non-hydrogen) atoms. The number of carbonyl (C=O) groups is 1. The van der Waals surface area contributed by atoms with Crippen molar-refractivity contribution in [3.05, 3.63) is 64.9 Å². The number of thioether (sulfide) groups is 1. The second-order valence-corrected chi connectivity index (χ2v) is 7.91. The van der Waals surface area contributed by atoms with E-state index in [9.17, 15) is 4.79 Å². The summed E-state index contributed by atoms with van der Waals surface area (Å²) < 4.78 is 2.63. The van der Waals surface area contributed by atoms with Gasteiger partial charge in [-0.3, -0.25) is 4.79 Å². The average molecular weight is 455 g/mol. The van der Waals surface area contributed by atoms with Crippen LogP contribution < -0.4 is 5.32 Å². The molecule has 4 rings (SSSR count). The molecule has 1 amide bonds. The van der Waals surface area contributed by atoms with E-state index in [0.717, 1.165) is 21.4 Å². The van der Waals surface area contributed by atoms with E-state index >= 15 is 0 Å². The van der Waals surface area contributed by atoms with Gasteiger partial charge in [0.15, 0.2) is 11.2 Å². The van der Waals surface area contributed by atoms with Crippen LogP contribution in [0.5, 0.6) is 0 Å². The molecule has 0 bridgehead atoms. The monoisotopic (exact) mass is 454 g/mol. The predicted octanol–water partition coefficient (Wildman–Crippen LogP) is 4.01. The van der Waals surface area contributed by atoms with Crippen LogP contribution in [0.15, 0.2) is 64.4 Å². The van der Waals surface area contributed by atoms with Gasteiger partial charge in [0.1, 0.15) is 11.4 Å². The molecule has 0 atom stereocenters. The summed E-state index contributed by atoms with van der Waals surface area (Å²) >= 11 is 4.68. The minimum atomic E-state index is -0.120. The largest absolute Gasteiger partial charge is 0.325 e. The molecule has 0 saturated carbocycles. The highest BCUT2D eigenvalue weighted by Crippen LogP contribution is 2.24. The Kier molecular flexibility index (Phi) is 5.36. The van der Waals surface area contributed by atoms with Crippen LogP contribution in [0.3, 0.4) is 0 Å². The van der Waals surface area contributed by atoms with Crippen molar-refractivity contribution in [2.45, 2.75) is 11.9 Å². The van der Waals surface area contributed by atoms with Gasteiger partial charge in [0, 0.05) is 10.2 Å². The topological polar surface area (TPSA) is 85.6 Å². The third-order valence-corrected chi connectivity index (χ3v) is 5.46. The molecule has 7 nitrogen and oxygen atoms in total. The zero-order valence-electron chi connectivity index (χ0n) is 14.8. The maximum atomic E-state index is 12.2. The molecule has 0 saturated heterocycles. The number of halogens is 1. The Morgan fingerprint density at radius 2 is 1.86 bits per heavy atom. The Balaban J connectivity index is 1.50. The molecule has 0 radical (unpaired) electrons. The van der Waals surface area contributed by atoms with E-state index in [2.05, 4.69) is 41.5 Å². The van der Waals surface area contributed by atoms with E-state index in [1.807, 2.05) is 55.5 Å². The standard InChI is InChI=1S/C19H15BrN6OS/c1-12-2-8-15(9-3-12)26-18-17(24-25-26)19(22-11-21-18)28-10-16(27)23-14-6-4-13(20)5-7-14/h2-9,11H,10H2,1H3,(H,23,27). The molecule has 2 aromatic carbocycles. The van der Waals surface area contributed by atoms with Crippen molar-refractivity contribution in [1.82, 2.24) is 25.0 Å². The molecule has 0 aliphatic rings. The number of hydrogen-bond acceptors (Lipinski definition) is 6. The van der Waals surface area contributed by atoms with Gasteiger partial charge in [-0.05, 0) is 43.3 Å². The van der Waals surface area contributed by atoms with Crippen LogP contribution in [0.4, 0.5) is 5.69 Å². The SMILES string of the molecule is Cc1ccc(-n2nnc3c(SCC(=O)Nc4ccc(Br)cc4)ncnc32)cc1. The Hall–Kier alpha value is -2.78. The molecule has 0 aliphatic carbocycles. The lowest BCUT2D eigenvalue weighted by atomic mass is 10.2. The summed E-state index contributed by atoms with van der Waals surface area (Å²) in [5.74, 6) is 0.0875. The fourth-order valence-corrected chi connectivity index (χ4v) is 3.55. The van der Waals surface area contributed by atoms with Crippen molar-refractivity contribution in [1.29, 1.82) is 0 Å². The van der Waals surface area contributed by atoms with Crippen molar-refractivity contribution in [2.75, 3.05) is 11.1 Å². The van der Waals surface area contributed by atoms with Gasteiger partial charge in [0.05, 0.1) is 11.4 Å². The van der Waals surface area contributed by atoms with Crippen molar-refractivity contribution in [2.24, 2.45) is 0 Å². The zero-order chi connectivity index (χ0) is 19.5. The number of carbonyl (C=O) groups excluding carboxylic acids is 1. The molecule has 1 N–H and O–H groups in total. The fraction of sp³-hybridized carbons (Fsp3) is 0.105. The number of nitrogens with zero attached hydrogens (tertiary/aromatic N) is 5. The van der Waals surface area contributed by atoms with Gasteiger partial charge in [0.25, 0.3) is 0 Å². The molecular weight excluding hydrogens is 440 g/mol. The smallest absolute Gasteiger partial charge is 0.234 e. The van der Waals surface area contributed by atoms with E-state index in [-0.39, 0.29) is 11.7 Å². The fourth-order valence-electron chi connectivity index (χ4n) is 2.56.